The van der Waals surface area contributed by atoms with Gasteiger partial charge in [-0.3, -0.25) is 9.69 Å². The number of carbonyl (C=O) groups is 1. The van der Waals surface area contributed by atoms with Crippen LogP contribution in [0.1, 0.15) is 18.4 Å². The highest BCUT2D eigenvalue weighted by Crippen LogP contribution is 2.15. The first kappa shape index (κ1) is 14.2. The van der Waals surface area contributed by atoms with Crippen molar-refractivity contribution in [3.05, 3.63) is 35.9 Å². The van der Waals surface area contributed by atoms with Gasteiger partial charge >= 0.3 is 0 Å². The Bertz CT molecular complexity index is 404. The summed E-state index contributed by atoms with van der Waals surface area (Å²) in [6.45, 7) is 2.74. The van der Waals surface area contributed by atoms with Gasteiger partial charge in [0.1, 0.15) is 0 Å². The Kier molecular flexibility index (Phi) is 5.11. The minimum absolute atomic E-state index is 0.300. The molecular formula is C16H24N2O. The molecular weight excluding hydrogens is 236 g/mol. The van der Waals surface area contributed by atoms with Crippen LogP contribution in [-0.2, 0) is 11.2 Å². The van der Waals surface area contributed by atoms with E-state index >= 15 is 0 Å². The third-order valence-corrected chi connectivity index (χ3v) is 3.88. The smallest absolute Gasteiger partial charge is 0.151 e. The predicted octanol–water partition coefficient (Wildman–Crippen LogP) is 1.82. The van der Waals surface area contributed by atoms with Gasteiger partial charge < -0.3 is 4.90 Å². The number of likely N-dealkylation sites (N-methyl/N-ethyl adjacent to an activating group) is 2. The van der Waals surface area contributed by atoms with Crippen LogP contribution in [0.3, 0.4) is 0 Å². The summed E-state index contributed by atoms with van der Waals surface area (Å²) in [6.07, 6.45) is 3.09. The molecule has 104 valence electrons. The maximum Gasteiger partial charge on any atom is 0.151 e. The fraction of sp³-hybridized carbons (Fsp3) is 0.562. The number of nitrogens with zero attached hydrogens (tertiary/aromatic N) is 2. The minimum atomic E-state index is 0.300. The molecule has 0 spiro atoms. The summed E-state index contributed by atoms with van der Waals surface area (Å²) in [5.74, 6) is 0.300. The fourth-order valence-corrected chi connectivity index (χ4v) is 2.81. The van der Waals surface area contributed by atoms with Gasteiger partial charge in [0.2, 0.25) is 0 Å². The summed E-state index contributed by atoms with van der Waals surface area (Å²) >= 11 is 0. The third kappa shape index (κ3) is 4.44. The van der Waals surface area contributed by atoms with Gasteiger partial charge in [-0.15, -0.1) is 0 Å². The highest BCUT2D eigenvalue weighted by Gasteiger charge is 2.22. The average molecular weight is 260 g/mol. The van der Waals surface area contributed by atoms with Gasteiger partial charge in [-0.2, -0.15) is 0 Å². The first-order valence-corrected chi connectivity index (χ1v) is 7.09. The number of carbonyl (C=O) groups excluding carboxylic acids is 1. The topological polar surface area (TPSA) is 23.6 Å². The third-order valence-electron chi connectivity index (χ3n) is 3.88. The van der Waals surface area contributed by atoms with Crippen molar-refractivity contribution in [3.63, 3.8) is 0 Å². The Balaban J connectivity index is 1.75. The van der Waals surface area contributed by atoms with Crippen molar-refractivity contribution < 1.29 is 4.79 Å². The Morgan fingerprint density at radius 3 is 2.74 bits per heavy atom. The van der Waals surface area contributed by atoms with Crippen LogP contribution >= 0.6 is 0 Å². The van der Waals surface area contributed by atoms with Gasteiger partial charge in [-0.1, -0.05) is 30.3 Å². The molecule has 1 aliphatic rings. The van der Waals surface area contributed by atoms with Crippen LogP contribution in [0.5, 0.6) is 0 Å². The monoisotopic (exact) mass is 260 g/mol. The molecule has 0 N–H and O–H groups in total. The molecule has 1 unspecified atom stereocenters. The van der Waals surface area contributed by atoms with Crippen molar-refractivity contribution in [2.75, 3.05) is 33.7 Å². The fourth-order valence-electron chi connectivity index (χ4n) is 2.81. The van der Waals surface area contributed by atoms with Crippen LogP contribution in [-0.4, -0.2) is 55.4 Å². The lowest BCUT2D eigenvalue weighted by Crippen LogP contribution is -2.39. The normalized spacial score (nSPS) is 20.1. The van der Waals surface area contributed by atoms with E-state index in [4.69, 9.17) is 0 Å². The van der Waals surface area contributed by atoms with Gasteiger partial charge in [-0.05, 0) is 39.0 Å². The van der Waals surface area contributed by atoms with Crippen LogP contribution in [0.4, 0.5) is 0 Å². The molecule has 0 bridgehead atoms. The van der Waals surface area contributed by atoms with Crippen molar-refractivity contribution in [2.24, 2.45) is 0 Å². The van der Waals surface area contributed by atoms with Crippen molar-refractivity contribution in [2.45, 2.75) is 25.3 Å². The maximum atomic E-state index is 12.0. The van der Waals surface area contributed by atoms with E-state index in [1.54, 1.807) is 0 Å². The Morgan fingerprint density at radius 2 is 2.11 bits per heavy atom. The summed E-state index contributed by atoms with van der Waals surface area (Å²) in [5, 5.41) is 0. The lowest BCUT2D eigenvalue weighted by molar-refractivity contribution is -0.119. The van der Waals surface area contributed by atoms with Crippen LogP contribution in [0.2, 0.25) is 0 Å². The van der Waals surface area contributed by atoms with E-state index < -0.39 is 0 Å². The lowest BCUT2D eigenvalue weighted by Gasteiger charge is -2.25. The zero-order valence-corrected chi connectivity index (χ0v) is 12.0. The summed E-state index contributed by atoms with van der Waals surface area (Å²) in [5.41, 5.74) is 1.11. The Labute approximate surface area is 116 Å². The number of benzene rings is 1. The lowest BCUT2D eigenvalue weighted by atomic mass is 10.1. The highest BCUT2D eigenvalue weighted by molar-refractivity contribution is 5.82. The minimum Gasteiger partial charge on any atom is -0.302 e. The molecule has 1 fully saturated rings. The van der Waals surface area contributed by atoms with Crippen molar-refractivity contribution in [1.29, 1.82) is 0 Å². The molecule has 0 aliphatic carbocycles. The molecule has 0 aromatic heterocycles. The number of rotatable bonds is 6. The van der Waals surface area contributed by atoms with E-state index in [0.717, 1.165) is 12.1 Å². The van der Waals surface area contributed by atoms with E-state index in [1.807, 2.05) is 30.3 Å². The molecule has 1 atom stereocenters. The summed E-state index contributed by atoms with van der Waals surface area (Å²) in [6, 6.07) is 10.6. The van der Waals surface area contributed by atoms with E-state index in [0.29, 0.717) is 24.8 Å². The first-order chi connectivity index (χ1) is 9.15. The van der Waals surface area contributed by atoms with Gasteiger partial charge in [0.05, 0.1) is 6.54 Å². The van der Waals surface area contributed by atoms with Crippen molar-refractivity contribution >= 4 is 5.78 Å². The molecule has 0 radical (unpaired) electrons. The quantitative estimate of drug-likeness (QED) is 0.779. The molecule has 0 saturated carbocycles. The molecule has 1 aromatic carbocycles. The van der Waals surface area contributed by atoms with Gasteiger partial charge in [0, 0.05) is 19.0 Å². The summed E-state index contributed by atoms with van der Waals surface area (Å²) < 4.78 is 0. The number of hydrogen-bond donors (Lipinski definition) is 0. The molecule has 1 saturated heterocycles. The molecule has 3 nitrogen and oxygen atoms in total. The summed E-state index contributed by atoms with van der Waals surface area (Å²) in [7, 11) is 4.23. The van der Waals surface area contributed by atoms with Crippen LogP contribution < -0.4 is 0 Å². The van der Waals surface area contributed by atoms with Gasteiger partial charge in [0.15, 0.2) is 5.78 Å². The number of likely N-dealkylation sites (tertiary alicyclic amines) is 1. The van der Waals surface area contributed by atoms with E-state index in [-0.39, 0.29) is 0 Å². The second-order valence-corrected chi connectivity index (χ2v) is 5.67. The molecule has 1 aromatic rings. The van der Waals surface area contributed by atoms with Crippen LogP contribution in [0, 0.1) is 0 Å². The Morgan fingerprint density at radius 1 is 1.37 bits per heavy atom. The SMILES string of the molecule is CN(CC(=O)Cc1ccccc1)CC1CCCN1C. The maximum absolute atomic E-state index is 12.0. The van der Waals surface area contributed by atoms with Gasteiger partial charge in [0.25, 0.3) is 0 Å². The molecule has 2 rings (SSSR count). The first-order valence-electron chi connectivity index (χ1n) is 7.09. The second-order valence-electron chi connectivity index (χ2n) is 5.67. The second kappa shape index (κ2) is 6.83. The number of hydrogen-bond acceptors (Lipinski definition) is 3. The standard InChI is InChI=1S/C16H24N2O/c1-17(12-15-9-6-10-18(15)2)13-16(19)11-14-7-4-3-5-8-14/h3-5,7-8,15H,6,9-13H2,1-2H3. The molecule has 0 amide bonds. The number of Topliss-reactive ketones (excluding diaryl/α,β-unsaturated/α-hetero) is 1. The highest BCUT2D eigenvalue weighted by atomic mass is 16.1. The molecule has 19 heavy (non-hydrogen) atoms. The number of ketones is 1. The van der Waals surface area contributed by atoms with E-state index in [2.05, 4.69) is 23.9 Å². The summed E-state index contributed by atoms with van der Waals surface area (Å²) in [4.78, 5) is 16.6. The van der Waals surface area contributed by atoms with Crippen LogP contribution in [0.15, 0.2) is 30.3 Å². The Hall–Kier alpha value is -1.19. The zero-order valence-electron chi connectivity index (χ0n) is 12.0. The van der Waals surface area contributed by atoms with E-state index in [9.17, 15) is 4.79 Å². The van der Waals surface area contributed by atoms with Gasteiger partial charge in [-0.25, -0.2) is 0 Å². The average Bonchev–Trinajstić information content (AvgIpc) is 2.76. The molecule has 3 heteroatoms. The molecule has 1 aliphatic heterocycles. The van der Waals surface area contributed by atoms with Crippen molar-refractivity contribution in [3.8, 4) is 0 Å². The zero-order chi connectivity index (χ0) is 13.7. The van der Waals surface area contributed by atoms with E-state index in [1.165, 1.54) is 19.4 Å². The molecule has 1 heterocycles. The predicted molar refractivity (Wildman–Crippen MR) is 78.3 cm³/mol. The largest absolute Gasteiger partial charge is 0.302 e. The van der Waals surface area contributed by atoms with Crippen molar-refractivity contribution in [1.82, 2.24) is 9.80 Å². The van der Waals surface area contributed by atoms with Crippen LogP contribution in [0.25, 0.3) is 0 Å².